The van der Waals surface area contributed by atoms with Gasteiger partial charge in [-0.2, -0.15) is 0 Å². The summed E-state index contributed by atoms with van der Waals surface area (Å²) in [5.74, 6) is -1.96. The second-order valence-corrected chi connectivity index (χ2v) is 7.82. The quantitative estimate of drug-likeness (QED) is 0.684. The Bertz CT molecular complexity index is 899. The van der Waals surface area contributed by atoms with Crippen LogP contribution < -0.4 is 0 Å². The average molecular weight is 405 g/mol. The molecule has 1 amide bonds. The Morgan fingerprint density at radius 3 is 2.69 bits per heavy atom. The molecule has 0 bridgehead atoms. The van der Waals surface area contributed by atoms with Crippen LogP contribution in [0, 0.1) is 23.4 Å². The second-order valence-electron chi connectivity index (χ2n) is 7.82. The lowest BCUT2D eigenvalue weighted by Crippen LogP contribution is -2.63. The highest BCUT2D eigenvalue weighted by Gasteiger charge is 2.51. The zero-order chi connectivity index (χ0) is 20.4. The molecular formula is C22H22F3NO3. The minimum absolute atomic E-state index is 0.124. The number of carbonyl (C=O) groups excluding carboxylic acids is 1. The van der Waals surface area contributed by atoms with Crippen molar-refractivity contribution >= 4 is 5.91 Å². The minimum Gasteiger partial charge on any atom is -0.377 e. The van der Waals surface area contributed by atoms with Crippen LogP contribution in [-0.4, -0.2) is 42.7 Å². The van der Waals surface area contributed by atoms with E-state index in [1.807, 2.05) is 6.07 Å². The van der Waals surface area contributed by atoms with E-state index in [1.165, 1.54) is 23.1 Å². The molecule has 7 heteroatoms. The number of benzene rings is 2. The number of hydrogen-bond donors (Lipinski definition) is 0. The Labute approximate surface area is 167 Å². The van der Waals surface area contributed by atoms with Gasteiger partial charge in [0.25, 0.3) is 5.91 Å². The molecule has 1 spiro atoms. The van der Waals surface area contributed by atoms with Crippen molar-refractivity contribution in [3.05, 3.63) is 71.0 Å². The Hall–Kier alpha value is -2.38. The molecule has 0 aliphatic carbocycles. The maximum absolute atomic E-state index is 13.8. The van der Waals surface area contributed by atoms with Gasteiger partial charge in [0.1, 0.15) is 23.1 Å². The Kier molecular flexibility index (Phi) is 5.61. The molecule has 0 saturated carbocycles. The number of carbonyl (C=O) groups is 1. The van der Waals surface area contributed by atoms with Crippen molar-refractivity contribution in [1.82, 2.24) is 4.90 Å². The monoisotopic (exact) mass is 405 g/mol. The largest absolute Gasteiger partial charge is 0.377 e. The number of rotatable bonds is 6. The Balaban J connectivity index is 1.21. The molecule has 0 N–H and O–H groups in total. The lowest BCUT2D eigenvalue weighted by atomic mass is 9.85. The predicted octanol–water partition coefficient (Wildman–Crippen LogP) is 3.94. The first-order valence-corrected chi connectivity index (χ1v) is 9.65. The Morgan fingerprint density at radius 2 is 1.93 bits per heavy atom. The first-order chi connectivity index (χ1) is 13.9. The number of likely N-dealkylation sites (tertiary alicyclic amines) is 1. The lowest BCUT2D eigenvalue weighted by Gasteiger charge is -2.47. The van der Waals surface area contributed by atoms with Crippen molar-refractivity contribution in [2.24, 2.45) is 5.92 Å². The maximum Gasteiger partial charge on any atom is 0.257 e. The normalized spacial score (nSPS) is 20.1. The highest BCUT2D eigenvalue weighted by Crippen LogP contribution is 2.39. The molecule has 2 aliphatic heterocycles. The van der Waals surface area contributed by atoms with Crippen LogP contribution in [0.3, 0.4) is 0 Å². The van der Waals surface area contributed by atoms with Crippen LogP contribution in [0.5, 0.6) is 0 Å². The third kappa shape index (κ3) is 4.46. The van der Waals surface area contributed by atoms with Gasteiger partial charge in [-0.1, -0.05) is 12.1 Å². The minimum atomic E-state index is -0.850. The van der Waals surface area contributed by atoms with Crippen LogP contribution in [0.15, 0.2) is 42.5 Å². The fourth-order valence-corrected chi connectivity index (χ4v) is 4.04. The summed E-state index contributed by atoms with van der Waals surface area (Å²) >= 11 is 0. The smallest absolute Gasteiger partial charge is 0.257 e. The SMILES string of the molecule is O=C(c1ccc(F)cc1F)N1CC2(CC(CCOCc3cccc(F)c3)CO2)C1. The summed E-state index contributed by atoms with van der Waals surface area (Å²) in [6, 6.07) is 9.30. The molecule has 0 aromatic heterocycles. The van der Waals surface area contributed by atoms with Gasteiger partial charge in [0, 0.05) is 12.7 Å². The molecule has 2 aliphatic rings. The predicted molar refractivity (Wildman–Crippen MR) is 99.7 cm³/mol. The Morgan fingerprint density at radius 1 is 1.14 bits per heavy atom. The third-order valence-electron chi connectivity index (χ3n) is 5.52. The highest BCUT2D eigenvalue weighted by molar-refractivity contribution is 5.95. The van der Waals surface area contributed by atoms with Crippen LogP contribution >= 0.6 is 0 Å². The topological polar surface area (TPSA) is 38.8 Å². The van der Waals surface area contributed by atoms with Gasteiger partial charge in [0.15, 0.2) is 0 Å². The van der Waals surface area contributed by atoms with Gasteiger partial charge in [-0.25, -0.2) is 13.2 Å². The van der Waals surface area contributed by atoms with E-state index in [0.717, 1.165) is 24.5 Å². The summed E-state index contributed by atoms with van der Waals surface area (Å²) in [7, 11) is 0. The molecule has 1 unspecified atom stereocenters. The van der Waals surface area contributed by atoms with Gasteiger partial charge < -0.3 is 14.4 Å². The number of ether oxygens (including phenoxy) is 2. The lowest BCUT2D eigenvalue weighted by molar-refractivity contribution is -0.0951. The highest BCUT2D eigenvalue weighted by atomic mass is 19.1. The van der Waals surface area contributed by atoms with Gasteiger partial charge in [-0.15, -0.1) is 0 Å². The van der Waals surface area contributed by atoms with Crippen molar-refractivity contribution in [3.8, 4) is 0 Å². The van der Waals surface area contributed by atoms with Crippen LogP contribution in [-0.2, 0) is 16.1 Å². The van der Waals surface area contributed by atoms with E-state index in [2.05, 4.69) is 0 Å². The number of hydrogen-bond acceptors (Lipinski definition) is 3. The number of amides is 1. The molecule has 4 rings (SSSR count). The molecular weight excluding hydrogens is 383 g/mol. The summed E-state index contributed by atoms with van der Waals surface area (Å²) in [5.41, 5.74) is 0.297. The fourth-order valence-electron chi connectivity index (χ4n) is 4.04. The van der Waals surface area contributed by atoms with E-state index in [1.54, 1.807) is 6.07 Å². The molecule has 1 atom stereocenters. The summed E-state index contributed by atoms with van der Waals surface area (Å²) in [4.78, 5) is 13.9. The summed E-state index contributed by atoms with van der Waals surface area (Å²) < 4.78 is 51.6. The van der Waals surface area contributed by atoms with E-state index in [-0.39, 0.29) is 17.0 Å². The molecule has 2 saturated heterocycles. The molecule has 2 heterocycles. The summed E-state index contributed by atoms with van der Waals surface area (Å²) in [6.07, 6.45) is 1.63. The summed E-state index contributed by atoms with van der Waals surface area (Å²) in [6.45, 7) is 2.31. The van der Waals surface area contributed by atoms with Gasteiger partial charge in [-0.3, -0.25) is 4.79 Å². The first kappa shape index (κ1) is 19.9. The molecule has 29 heavy (non-hydrogen) atoms. The zero-order valence-corrected chi connectivity index (χ0v) is 15.9. The van der Waals surface area contributed by atoms with Gasteiger partial charge in [-0.05, 0) is 48.6 Å². The summed E-state index contributed by atoms with van der Waals surface area (Å²) in [5, 5.41) is 0. The molecule has 2 aromatic rings. The molecule has 154 valence electrons. The van der Waals surface area contributed by atoms with Crippen molar-refractivity contribution < 1.29 is 27.4 Å². The number of halogens is 3. The van der Waals surface area contributed by atoms with E-state index in [9.17, 15) is 18.0 Å². The standard InChI is InChI=1S/C22H22F3NO3/c23-17-3-1-2-15(8-17)11-28-7-6-16-10-22(29-12-16)13-26(14-22)21(27)19-5-4-18(24)9-20(19)25/h1-5,8-9,16H,6-7,10-14H2. The third-order valence-corrected chi connectivity index (χ3v) is 5.52. The molecule has 0 radical (unpaired) electrons. The second kappa shape index (κ2) is 8.16. The maximum atomic E-state index is 13.8. The van der Waals surface area contributed by atoms with E-state index in [4.69, 9.17) is 9.47 Å². The van der Waals surface area contributed by atoms with E-state index in [0.29, 0.717) is 44.9 Å². The van der Waals surface area contributed by atoms with E-state index < -0.39 is 17.5 Å². The van der Waals surface area contributed by atoms with Crippen molar-refractivity contribution in [3.63, 3.8) is 0 Å². The fraction of sp³-hybridized carbons (Fsp3) is 0.409. The van der Waals surface area contributed by atoms with Crippen LogP contribution in [0.1, 0.15) is 28.8 Å². The van der Waals surface area contributed by atoms with Gasteiger partial charge in [0.2, 0.25) is 0 Å². The van der Waals surface area contributed by atoms with E-state index >= 15 is 0 Å². The van der Waals surface area contributed by atoms with Gasteiger partial charge in [0.05, 0.1) is 31.9 Å². The number of nitrogens with zero attached hydrogens (tertiary/aromatic N) is 1. The molecule has 2 aromatic carbocycles. The van der Waals surface area contributed by atoms with Crippen molar-refractivity contribution in [2.45, 2.75) is 25.0 Å². The average Bonchev–Trinajstić information content (AvgIpc) is 3.08. The van der Waals surface area contributed by atoms with Crippen molar-refractivity contribution in [2.75, 3.05) is 26.3 Å². The molecule has 2 fully saturated rings. The zero-order valence-electron chi connectivity index (χ0n) is 15.9. The molecule has 4 nitrogen and oxygen atoms in total. The van der Waals surface area contributed by atoms with Crippen LogP contribution in [0.25, 0.3) is 0 Å². The van der Waals surface area contributed by atoms with Crippen LogP contribution in [0.4, 0.5) is 13.2 Å². The van der Waals surface area contributed by atoms with Gasteiger partial charge >= 0.3 is 0 Å². The first-order valence-electron chi connectivity index (χ1n) is 9.65. The van der Waals surface area contributed by atoms with Crippen LogP contribution in [0.2, 0.25) is 0 Å². The van der Waals surface area contributed by atoms with Crippen molar-refractivity contribution in [1.29, 1.82) is 0 Å².